The summed E-state index contributed by atoms with van der Waals surface area (Å²) >= 11 is 1.42. The number of pyridine rings is 1. The van der Waals surface area contributed by atoms with Gasteiger partial charge in [0.2, 0.25) is 11.8 Å². The van der Waals surface area contributed by atoms with Crippen molar-refractivity contribution in [2.45, 2.75) is 111 Å². The standard InChI is InChI=1S/C49H66N10O6S/c1-10-58-39-16-15-31-19-33(39)34(43(58)32-13-11-17-50-41(32)28(2)3)21-49(6,7)27-65-47(63)35-14-12-18-59(54-35)46(62)36(20-40-52-38(31)26-66-40)53-44(60)42(29(4)5)56(9)48(64)57-24-30(25-57)23-55(8)45(61)37-22-51-37/h11,13,15-17,19,26,28-30,35-37,42,51,54H,10,12,14,18,20-25,27H2,1-9H3,(H,53,60)/t35-,36-,37-,42-/m0/s1. The second kappa shape index (κ2) is 19.1. The van der Waals surface area contributed by atoms with Crippen LogP contribution in [0.1, 0.15) is 83.5 Å². The molecule has 3 saturated heterocycles. The summed E-state index contributed by atoms with van der Waals surface area (Å²) in [5.41, 5.74) is 9.82. The first-order chi connectivity index (χ1) is 31.4. The lowest BCUT2D eigenvalue weighted by Gasteiger charge is -2.44. The first-order valence-electron chi connectivity index (χ1n) is 23.5. The summed E-state index contributed by atoms with van der Waals surface area (Å²) in [5.74, 6) is -1.20. The molecule has 3 fully saturated rings. The quantitative estimate of drug-likeness (QED) is 0.144. The first kappa shape index (κ1) is 47.1. The normalized spacial score (nSPS) is 21.6. The number of amides is 5. The van der Waals surface area contributed by atoms with Crippen LogP contribution in [0.25, 0.3) is 33.4 Å². The van der Waals surface area contributed by atoms with Crippen LogP contribution in [-0.2, 0) is 43.3 Å². The number of rotatable bonds is 10. The number of carbonyl (C=O) groups excluding carboxylic acids is 5. The van der Waals surface area contributed by atoms with Crippen molar-refractivity contribution in [3.63, 3.8) is 0 Å². The Hall–Kier alpha value is -5.39. The fourth-order valence-electron chi connectivity index (χ4n) is 9.93. The van der Waals surface area contributed by atoms with Gasteiger partial charge in [-0.3, -0.25) is 29.2 Å². The minimum absolute atomic E-state index is 0.0596. The molecule has 1 aromatic carbocycles. The van der Waals surface area contributed by atoms with E-state index in [4.69, 9.17) is 14.7 Å². The largest absolute Gasteiger partial charge is 0.464 e. The molecule has 0 aliphatic carbocycles. The Bertz CT molecular complexity index is 2490. The number of aromatic nitrogens is 3. The monoisotopic (exact) mass is 922 g/mol. The van der Waals surface area contributed by atoms with E-state index < -0.39 is 41.3 Å². The van der Waals surface area contributed by atoms with E-state index in [1.54, 1.807) is 23.9 Å². The van der Waals surface area contributed by atoms with Gasteiger partial charge in [0.05, 0.1) is 34.7 Å². The number of hydrogen-bond acceptors (Lipinski definition) is 11. The molecule has 17 heteroatoms. The lowest BCUT2D eigenvalue weighted by molar-refractivity contribution is -0.155. The van der Waals surface area contributed by atoms with E-state index in [1.165, 1.54) is 21.2 Å². The fraction of sp³-hybridized carbons (Fsp3) is 0.571. The number of nitrogens with one attached hydrogen (secondary N) is 3. The third-order valence-electron chi connectivity index (χ3n) is 13.4. The highest BCUT2D eigenvalue weighted by Crippen LogP contribution is 2.42. The van der Waals surface area contributed by atoms with Gasteiger partial charge in [0.15, 0.2) is 0 Å². The Labute approximate surface area is 391 Å². The van der Waals surface area contributed by atoms with Gasteiger partial charge in [-0.25, -0.2) is 15.2 Å². The van der Waals surface area contributed by atoms with Crippen LogP contribution in [0.3, 0.4) is 0 Å². The van der Waals surface area contributed by atoms with Crippen molar-refractivity contribution in [1.82, 2.24) is 50.3 Å². The van der Waals surface area contributed by atoms with Crippen LogP contribution >= 0.6 is 11.3 Å². The van der Waals surface area contributed by atoms with Crippen LogP contribution in [0.5, 0.6) is 0 Å². The zero-order valence-electron chi connectivity index (χ0n) is 39.8. The van der Waals surface area contributed by atoms with Gasteiger partial charge in [-0.1, -0.05) is 47.6 Å². The number of thiazole rings is 1. The van der Waals surface area contributed by atoms with Crippen LogP contribution in [0.4, 0.5) is 4.79 Å². The number of cyclic esters (lactones) is 1. The Morgan fingerprint density at radius 3 is 2.55 bits per heavy atom. The summed E-state index contributed by atoms with van der Waals surface area (Å²) in [5, 5.41) is 11.3. The Kier molecular flexibility index (Phi) is 13.6. The summed E-state index contributed by atoms with van der Waals surface area (Å²) < 4.78 is 8.48. The van der Waals surface area contributed by atoms with Gasteiger partial charge in [-0.2, -0.15) is 0 Å². The van der Waals surface area contributed by atoms with Crippen LogP contribution in [0, 0.1) is 17.3 Å². The van der Waals surface area contributed by atoms with Gasteiger partial charge in [-0.15, -0.1) is 11.3 Å². The van der Waals surface area contributed by atoms with Crippen molar-refractivity contribution < 1.29 is 28.7 Å². The molecule has 66 heavy (non-hydrogen) atoms. The smallest absolute Gasteiger partial charge is 0.324 e. The summed E-state index contributed by atoms with van der Waals surface area (Å²) in [6.45, 7) is 17.9. The van der Waals surface area contributed by atoms with Gasteiger partial charge in [0, 0.05) is 105 Å². The summed E-state index contributed by atoms with van der Waals surface area (Å²) in [4.78, 5) is 84.1. The van der Waals surface area contributed by atoms with Gasteiger partial charge in [0.1, 0.15) is 18.1 Å². The van der Waals surface area contributed by atoms with Crippen molar-refractivity contribution in [2.75, 3.05) is 53.4 Å². The molecule has 3 N–H and O–H groups in total. The fourth-order valence-corrected chi connectivity index (χ4v) is 10.8. The predicted molar refractivity (Wildman–Crippen MR) is 254 cm³/mol. The Morgan fingerprint density at radius 1 is 1.09 bits per heavy atom. The summed E-state index contributed by atoms with van der Waals surface area (Å²) in [6, 6.07) is 7.47. The highest BCUT2D eigenvalue weighted by atomic mass is 32.1. The second-order valence-electron chi connectivity index (χ2n) is 20.1. The molecule has 16 nitrogen and oxygen atoms in total. The molecule has 354 valence electrons. The summed E-state index contributed by atoms with van der Waals surface area (Å²) in [6.07, 6.45) is 3.60. The molecule has 8 rings (SSSR count). The van der Waals surface area contributed by atoms with Crippen molar-refractivity contribution in [1.29, 1.82) is 0 Å². The van der Waals surface area contributed by atoms with E-state index >= 15 is 0 Å². The van der Waals surface area contributed by atoms with Crippen molar-refractivity contribution in [2.24, 2.45) is 17.3 Å². The maximum absolute atomic E-state index is 14.6. The topological polar surface area (TPSA) is 184 Å². The molecule has 4 aromatic rings. The average molecular weight is 923 g/mol. The molecule has 4 atom stereocenters. The van der Waals surface area contributed by atoms with Gasteiger partial charge in [-0.05, 0) is 67.9 Å². The molecular formula is C49H66N10O6S. The third-order valence-corrected chi connectivity index (χ3v) is 14.3. The van der Waals surface area contributed by atoms with Crippen molar-refractivity contribution in [3.05, 3.63) is 58.2 Å². The maximum Gasteiger partial charge on any atom is 0.324 e. The first-order valence-corrected chi connectivity index (χ1v) is 24.4. The number of ether oxygens (including phenoxy) is 1. The number of benzene rings is 1. The molecule has 0 radical (unpaired) electrons. The van der Waals surface area contributed by atoms with E-state index in [2.05, 4.69) is 79.5 Å². The lowest BCUT2D eigenvalue weighted by atomic mass is 9.84. The molecule has 4 aliphatic heterocycles. The highest BCUT2D eigenvalue weighted by molar-refractivity contribution is 7.10. The molecule has 0 unspecified atom stereocenters. The predicted octanol–water partition coefficient (Wildman–Crippen LogP) is 5.06. The molecule has 4 aliphatic rings. The van der Waals surface area contributed by atoms with E-state index in [-0.39, 0.29) is 48.8 Å². The number of carbonyl (C=O) groups is 5. The molecule has 6 bridgehead atoms. The molecule has 0 spiro atoms. The number of hydrazine groups is 1. The molecule has 3 aromatic heterocycles. The number of urea groups is 1. The minimum atomic E-state index is -1.06. The van der Waals surface area contributed by atoms with Gasteiger partial charge < -0.3 is 34.6 Å². The van der Waals surface area contributed by atoms with Gasteiger partial charge >= 0.3 is 12.0 Å². The van der Waals surface area contributed by atoms with E-state index in [9.17, 15) is 24.0 Å². The highest BCUT2D eigenvalue weighted by Gasteiger charge is 2.42. The molecule has 0 saturated carbocycles. The van der Waals surface area contributed by atoms with Gasteiger partial charge in [0.25, 0.3) is 5.91 Å². The van der Waals surface area contributed by atoms with E-state index in [0.29, 0.717) is 57.0 Å². The minimum Gasteiger partial charge on any atom is -0.464 e. The second-order valence-corrected chi connectivity index (χ2v) is 21.0. The molecule has 7 heterocycles. The third kappa shape index (κ3) is 9.70. The summed E-state index contributed by atoms with van der Waals surface area (Å²) in [7, 11) is 3.41. The van der Waals surface area contributed by atoms with Crippen LogP contribution in [-0.4, -0.2) is 142 Å². The average Bonchev–Trinajstić information content (AvgIpc) is 3.95. The number of likely N-dealkylation sites (tertiary alicyclic amines) is 1. The zero-order valence-corrected chi connectivity index (χ0v) is 40.7. The zero-order chi connectivity index (χ0) is 47.2. The van der Waals surface area contributed by atoms with Crippen molar-refractivity contribution >= 4 is 52.0 Å². The van der Waals surface area contributed by atoms with Crippen LogP contribution < -0.4 is 16.1 Å². The number of nitrogens with zero attached hydrogens (tertiary/aromatic N) is 7. The Morgan fingerprint density at radius 2 is 1.85 bits per heavy atom. The lowest BCUT2D eigenvalue weighted by Crippen LogP contribution is -2.63. The number of likely N-dealkylation sites (N-methyl/N-ethyl adjacent to an activating group) is 2. The number of hydrogen-bond donors (Lipinski definition) is 3. The Balaban J connectivity index is 1.10. The number of aryl methyl sites for hydroxylation is 1. The van der Waals surface area contributed by atoms with Crippen molar-refractivity contribution in [3.8, 4) is 22.5 Å². The number of esters is 1. The van der Waals surface area contributed by atoms with E-state index in [0.717, 1.165) is 51.2 Å². The molecule has 5 amide bonds. The number of fused-ring (bicyclic) bond motifs is 6. The van der Waals surface area contributed by atoms with E-state index in [1.807, 2.05) is 31.5 Å². The SMILES string of the molecule is CCn1c(-c2cccnc2C(C)C)c2c3cc(ccc31)-c1csc(n1)C[C@H](NC(=O)[C@H](C(C)C)N(C)C(=O)N1CC(CN(C)C(=O)[C@@H]3CN3)C1)C(=O)N1CCC[C@H](N1)C(=O)OCC(C)(C)C2. The van der Waals surface area contributed by atoms with Crippen LogP contribution in [0.15, 0.2) is 41.9 Å². The maximum atomic E-state index is 14.6. The molecular weight excluding hydrogens is 857 g/mol. The van der Waals surface area contributed by atoms with Crippen LogP contribution in [0.2, 0.25) is 0 Å².